The summed E-state index contributed by atoms with van der Waals surface area (Å²) in [6, 6.07) is 22.5. The molecule has 0 bridgehead atoms. The lowest BCUT2D eigenvalue weighted by molar-refractivity contribution is 0.0386. The largest absolute Gasteiger partial charge is 0.478 e. The number of carboxylic acids is 2. The molecule has 0 amide bonds. The fourth-order valence-electron chi connectivity index (χ4n) is 3.79. The number of hydrogen-bond donors (Lipinski definition) is 2. The molecule has 0 fully saturated rings. The van der Waals surface area contributed by atoms with E-state index in [-0.39, 0.29) is 22.3 Å². The van der Waals surface area contributed by atoms with Gasteiger partial charge in [-0.3, -0.25) is 9.59 Å². The maximum Gasteiger partial charge on any atom is 0.346 e. The minimum Gasteiger partial charge on any atom is -0.478 e. The van der Waals surface area contributed by atoms with Gasteiger partial charge in [-0.05, 0) is 24.3 Å². The summed E-state index contributed by atoms with van der Waals surface area (Å²) in [7, 11) is 0. The number of benzene rings is 4. The van der Waals surface area contributed by atoms with E-state index in [4.69, 9.17) is 4.74 Å². The minimum atomic E-state index is -1.52. The van der Waals surface area contributed by atoms with Crippen molar-refractivity contribution in [3.63, 3.8) is 0 Å². The predicted octanol–water partition coefficient (Wildman–Crippen LogP) is 4.54. The molecule has 2 N–H and O–H groups in total. The van der Waals surface area contributed by atoms with Gasteiger partial charge in [0.2, 0.25) is 0 Å². The Kier molecular flexibility index (Phi) is 7.53. The molecule has 9 heteroatoms. The van der Waals surface area contributed by atoms with Crippen LogP contribution in [-0.4, -0.2) is 45.7 Å². The highest BCUT2D eigenvalue weighted by Gasteiger charge is 2.26. The molecule has 0 heterocycles. The van der Waals surface area contributed by atoms with Crippen molar-refractivity contribution in [3.8, 4) is 0 Å². The molecule has 192 valence electrons. The molecule has 0 aromatic heterocycles. The third-order valence-electron chi connectivity index (χ3n) is 5.72. The van der Waals surface area contributed by atoms with E-state index in [1.165, 1.54) is 36.4 Å². The number of ketones is 2. The van der Waals surface area contributed by atoms with Crippen LogP contribution in [0.5, 0.6) is 0 Å². The normalized spacial score (nSPS) is 10.4. The van der Waals surface area contributed by atoms with Crippen LogP contribution in [0.2, 0.25) is 0 Å². The SMILES string of the molecule is O=C(c1ccccc1)c1ccc(C(=O)O)c(C(=O)OC(=O)c2cc(C(=O)c3ccccc3)ccc2C(=O)O)c1. The minimum absolute atomic E-state index is 0.0349. The summed E-state index contributed by atoms with van der Waals surface area (Å²) in [5.74, 6) is -6.89. The molecular formula is C30H18O9. The van der Waals surface area contributed by atoms with Crippen molar-refractivity contribution in [2.45, 2.75) is 0 Å². The quantitative estimate of drug-likeness (QED) is 0.193. The highest BCUT2D eigenvalue weighted by atomic mass is 16.6. The van der Waals surface area contributed by atoms with Crippen LogP contribution >= 0.6 is 0 Å². The molecule has 0 unspecified atom stereocenters. The summed E-state index contributed by atoms with van der Waals surface area (Å²) in [5, 5.41) is 19.1. The van der Waals surface area contributed by atoms with Crippen molar-refractivity contribution in [1.29, 1.82) is 0 Å². The van der Waals surface area contributed by atoms with Gasteiger partial charge in [0.15, 0.2) is 11.6 Å². The Morgan fingerprint density at radius 3 is 1.13 bits per heavy atom. The zero-order valence-corrected chi connectivity index (χ0v) is 20.0. The van der Waals surface area contributed by atoms with Gasteiger partial charge in [0.05, 0.1) is 22.3 Å². The average molecular weight is 522 g/mol. The van der Waals surface area contributed by atoms with Gasteiger partial charge in [0, 0.05) is 22.3 Å². The first-order valence-corrected chi connectivity index (χ1v) is 11.4. The third kappa shape index (κ3) is 5.67. The van der Waals surface area contributed by atoms with E-state index in [1.807, 2.05) is 0 Å². The van der Waals surface area contributed by atoms with E-state index in [0.29, 0.717) is 0 Å². The van der Waals surface area contributed by atoms with Crippen molar-refractivity contribution in [3.05, 3.63) is 142 Å². The molecule has 0 spiro atoms. The summed E-state index contributed by atoms with van der Waals surface area (Å²) in [4.78, 5) is 75.0. The van der Waals surface area contributed by atoms with Gasteiger partial charge >= 0.3 is 23.9 Å². The maximum atomic E-state index is 13.0. The van der Waals surface area contributed by atoms with Gasteiger partial charge in [-0.15, -0.1) is 0 Å². The smallest absolute Gasteiger partial charge is 0.346 e. The van der Waals surface area contributed by atoms with E-state index in [1.54, 1.807) is 36.4 Å². The first-order chi connectivity index (χ1) is 18.7. The summed E-state index contributed by atoms with van der Waals surface area (Å²) < 4.78 is 4.86. The van der Waals surface area contributed by atoms with Crippen molar-refractivity contribution in [2.75, 3.05) is 0 Å². The van der Waals surface area contributed by atoms with E-state index < -0.39 is 57.7 Å². The Balaban J connectivity index is 1.68. The Morgan fingerprint density at radius 1 is 0.436 bits per heavy atom. The second-order valence-corrected chi connectivity index (χ2v) is 8.20. The fraction of sp³-hybridized carbons (Fsp3) is 0. The molecule has 0 aliphatic rings. The summed E-state index contributed by atoms with van der Waals surface area (Å²) >= 11 is 0. The van der Waals surface area contributed by atoms with Crippen LogP contribution in [0.15, 0.2) is 97.1 Å². The van der Waals surface area contributed by atoms with Crippen molar-refractivity contribution < 1.29 is 43.7 Å². The van der Waals surface area contributed by atoms with Gasteiger partial charge in [-0.25, -0.2) is 19.2 Å². The molecular weight excluding hydrogens is 504 g/mol. The number of esters is 2. The van der Waals surface area contributed by atoms with Gasteiger partial charge < -0.3 is 14.9 Å². The number of carboxylic acid groups (broad SMARTS) is 2. The number of carbonyl (C=O) groups is 6. The Bertz CT molecular complexity index is 1520. The van der Waals surface area contributed by atoms with Crippen LogP contribution in [0, 0.1) is 0 Å². The predicted molar refractivity (Wildman–Crippen MR) is 136 cm³/mol. The van der Waals surface area contributed by atoms with Crippen molar-refractivity contribution in [2.24, 2.45) is 0 Å². The zero-order valence-electron chi connectivity index (χ0n) is 20.0. The Labute approximate surface area is 220 Å². The van der Waals surface area contributed by atoms with Crippen LogP contribution in [0.1, 0.15) is 73.3 Å². The van der Waals surface area contributed by atoms with Gasteiger partial charge in [0.25, 0.3) is 0 Å². The van der Waals surface area contributed by atoms with Crippen molar-refractivity contribution >= 4 is 35.4 Å². The van der Waals surface area contributed by atoms with Crippen LogP contribution in [0.3, 0.4) is 0 Å². The zero-order chi connectivity index (χ0) is 28.1. The van der Waals surface area contributed by atoms with Crippen LogP contribution < -0.4 is 0 Å². The molecule has 0 radical (unpaired) electrons. The highest BCUT2D eigenvalue weighted by Crippen LogP contribution is 2.21. The van der Waals surface area contributed by atoms with Gasteiger partial charge in [-0.2, -0.15) is 0 Å². The first kappa shape index (κ1) is 26.4. The molecule has 0 atom stereocenters. The molecule has 39 heavy (non-hydrogen) atoms. The monoisotopic (exact) mass is 522 g/mol. The molecule has 4 aromatic rings. The van der Waals surface area contributed by atoms with Crippen molar-refractivity contribution in [1.82, 2.24) is 0 Å². The first-order valence-electron chi connectivity index (χ1n) is 11.4. The lowest BCUT2D eigenvalue weighted by Gasteiger charge is -2.11. The van der Waals surface area contributed by atoms with E-state index in [2.05, 4.69) is 0 Å². The molecule has 0 saturated carbocycles. The summed E-state index contributed by atoms with van der Waals surface area (Å²) in [6.45, 7) is 0. The van der Waals surface area contributed by atoms with E-state index >= 15 is 0 Å². The van der Waals surface area contributed by atoms with Crippen LogP contribution in [0.25, 0.3) is 0 Å². The van der Waals surface area contributed by atoms with Gasteiger partial charge in [-0.1, -0.05) is 72.8 Å². The molecule has 0 saturated heterocycles. The molecule has 4 rings (SSSR count). The molecule has 4 aromatic carbocycles. The van der Waals surface area contributed by atoms with Crippen LogP contribution in [-0.2, 0) is 4.74 Å². The second-order valence-electron chi connectivity index (χ2n) is 8.20. The molecule has 0 aliphatic carbocycles. The topological polar surface area (TPSA) is 152 Å². The number of aromatic carboxylic acids is 2. The maximum absolute atomic E-state index is 13.0. The summed E-state index contributed by atoms with van der Waals surface area (Å²) in [5.41, 5.74) is -1.77. The lowest BCUT2D eigenvalue weighted by Crippen LogP contribution is -2.20. The summed E-state index contributed by atoms with van der Waals surface area (Å²) in [6.07, 6.45) is 0. The Morgan fingerprint density at radius 2 is 0.795 bits per heavy atom. The Hall–Kier alpha value is -5.70. The number of hydrogen-bond acceptors (Lipinski definition) is 7. The number of rotatable bonds is 8. The molecule has 9 nitrogen and oxygen atoms in total. The average Bonchev–Trinajstić information content (AvgIpc) is 2.96. The van der Waals surface area contributed by atoms with E-state index in [9.17, 15) is 39.0 Å². The van der Waals surface area contributed by atoms with E-state index in [0.717, 1.165) is 24.3 Å². The standard InChI is InChI=1S/C30H18O9/c31-25(17-7-3-1-4-8-17)19-11-13-21(27(33)34)23(15-19)29(37)39-30(38)24-16-20(12-14-22(24)28(35)36)26(32)18-9-5-2-6-10-18/h1-16H,(H,33,34)(H,35,36). The fourth-order valence-corrected chi connectivity index (χ4v) is 3.79. The number of ether oxygens (including phenoxy) is 1. The van der Waals surface area contributed by atoms with Gasteiger partial charge in [0.1, 0.15) is 0 Å². The lowest BCUT2D eigenvalue weighted by atomic mass is 9.97. The molecule has 0 aliphatic heterocycles. The highest BCUT2D eigenvalue weighted by molar-refractivity contribution is 6.15. The third-order valence-corrected chi connectivity index (χ3v) is 5.72. The van der Waals surface area contributed by atoms with Crippen LogP contribution in [0.4, 0.5) is 0 Å². The number of carbonyl (C=O) groups excluding carboxylic acids is 4. The second kappa shape index (κ2) is 11.1.